The molecule has 1 aliphatic heterocycles. The first-order valence-electron chi connectivity index (χ1n) is 9.71. The van der Waals surface area contributed by atoms with E-state index >= 15 is 4.39 Å². The van der Waals surface area contributed by atoms with Crippen molar-refractivity contribution in [1.82, 2.24) is 30.1 Å². The zero-order chi connectivity index (χ0) is 20.0. The van der Waals surface area contributed by atoms with E-state index in [0.717, 1.165) is 37.3 Å². The second-order valence-electron chi connectivity index (χ2n) is 7.43. The number of ether oxygens (including phenoxy) is 1. The zero-order valence-electron chi connectivity index (χ0n) is 16.3. The highest BCUT2D eigenvalue weighted by atomic mass is 19.1. The van der Waals surface area contributed by atoms with Crippen LogP contribution in [0.3, 0.4) is 0 Å². The van der Waals surface area contributed by atoms with Crippen LogP contribution < -0.4 is 10.1 Å². The van der Waals surface area contributed by atoms with Crippen molar-refractivity contribution in [2.45, 2.75) is 25.7 Å². The maximum Gasteiger partial charge on any atom is 0.196 e. The van der Waals surface area contributed by atoms with Crippen LogP contribution >= 0.6 is 0 Å². The first kappa shape index (κ1) is 17.9. The van der Waals surface area contributed by atoms with Crippen molar-refractivity contribution in [2.75, 3.05) is 20.2 Å². The van der Waals surface area contributed by atoms with Crippen LogP contribution in [0.15, 0.2) is 30.5 Å². The van der Waals surface area contributed by atoms with E-state index in [-0.39, 0.29) is 5.82 Å². The Morgan fingerprint density at radius 3 is 2.76 bits per heavy atom. The van der Waals surface area contributed by atoms with Crippen LogP contribution in [0.4, 0.5) is 4.39 Å². The molecule has 0 aliphatic carbocycles. The maximum atomic E-state index is 15.0. The molecule has 3 aromatic heterocycles. The van der Waals surface area contributed by atoms with E-state index in [1.54, 1.807) is 17.7 Å². The minimum atomic E-state index is -0.328. The Morgan fingerprint density at radius 2 is 1.97 bits per heavy atom. The number of halogens is 1. The van der Waals surface area contributed by atoms with Gasteiger partial charge in [-0.05, 0) is 51.1 Å². The number of aromatic nitrogens is 5. The Kier molecular flexibility index (Phi) is 4.35. The lowest BCUT2D eigenvalue weighted by molar-refractivity contribution is 0.416. The third kappa shape index (κ3) is 3.19. The molecule has 0 amide bonds. The molecular formula is C21H21FN6O. The summed E-state index contributed by atoms with van der Waals surface area (Å²) in [5.41, 5.74) is 4.03. The first-order chi connectivity index (χ1) is 14.1. The van der Waals surface area contributed by atoms with Crippen molar-refractivity contribution in [3.8, 4) is 17.0 Å². The highest BCUT2D eigenvalue weighted by Crippen LogP contribution is 2.31. The summed E-state index contributed by atoms with van der Waals surface area (Å²) in [7, 11) is 1.58. The molecule has 29 heavy (non-hydrogen) atoms. The van der Waals surface area contributed by atoms with Crippen molar-refractivity contribution in [3.63, 3.8) is 0 Å². The van der Waals surface area contributed by atoms with Crippen molar-refractivity contribution in [1.29, 1.82) is 0 Å². The number of imidazole rings is 1. The summed E-state index contributed by atoms with van der Waals surface area (Å²) in [6.07, 6.45) is 3.80. The molecule has 4 heterocycles. The number of fused-ring (bicyclic) bond motifs is 2. The average molecular weight is 392 g/mol. The van der Waals surface area contributed by atoms with E-state index in [4.69, 9.17) is 4.74 Å². The van der Waals surface area contributed by atoms with E-state index in [2.05, 4.69) is 25.6 Å². The van der Waals surface area contributed by atoms with Crippen molar-refractivity contribution < 1.29 is 9.13 Å². The molecular weight excluding hydrogens is 371 g/mol. The quantitative estimate of drug-likeness (QED) is 0.577. The molecule has 7 nitrogen and oxygen atoms in total. The highest BCUT2D eigenvalue weighted by Gasteiger charge is 2.19. The molecule has 1 aromatic carbocycles. The lowest BCUT2D eigenvalue weighted by atomic mass is 9.93. The summed E-state index contributed by atoms with van der Waals surface area (Å²) in [5, 5.41) is 17.1. The second-order valence-corrected chi connectivity index (χ2v) is 7.43. The molecule has 0 radical (unpaired) electrons. The Balaban J connectivity index is 1.60. The Bertz CT molecular complexity index is 1210. The fourth-order valence-electron chi connectivity index (χ4n) is 3.94. The number of methoxy groups -OCH3 is 1. The molecule has 1 N–H and O–H groups in total. The van der Waals surface area contributed by atoms with Gasteiger partial charge in [-0.3, -0.25) is 0 Å². The standard InChI is InChI=1S/C21H21FN6O/c1-12-11-28-21(24-12)20(29-2)10-18(27-28)14-7-16(22)15-9-17(25-26-19(15)8-14)13-3-5-23-6-4-13/h7-11,13,23H,3-6H2,1-2H3. The summed E-state index contributed by atoms with van der Waals surface area (Å²) in [5.74, 6) is 0.575. The minimum Gasteiger partial charge on any atom is -0.493 e. The van der Waals surface area contributed by atoms with Gasteiger partial charge in [0, 0.05) is 22.9 Å². The van der Waals surface area contributed by atoms with Gasteiger partial charge in [-0.2, -0.15) is 15.3 Å². The average Bonchev–Trinajstić information content (AvgIpc) is 3.13. The van der Waals surface area contributed by atoms with Crippen LogP contribution in [-0.2, 0) is 0 Å². The molecule has 1 saturated heterocycles. The van der Waals surface area contributed by atoms with Crippen molar-refractivity contribution in [2.24, 2.45) is 0 Å². The van der Waals surface area contributed by atoms with Crippen LogP contribution in [0.5, 0.6) is 5.75 Å². The number of aryl methyl sites for hydroxylation is 1. The van der Waals surface area contributed by atoms with Crippen LogP contribution in [-0.4, -0.2) is 45.0 Å². The van der Waals surface area contributed by atoms with E-state index < -0.39 is 0 Å². The summed E-state index contributed by atoms with van der Waals surface area (Å²) in [6, 6.07) is 6.91. The Labute approximate surface area is 166 Å². The number of nitrogens with one attached hydrogen (secondary N) is 1. The highest BCUT2D eigenvalue weighted by molar-refractivity contribution is 5.84. The fourth-order valence-corrected chi connectivity index (χ4v) is 3.94. The normalized spacial score (nSPS) is 15.3. The largest absolute Gasteiger partial charge is 0.493 e. The number of rotatable bonds is 3. The molecule has 148 valence electrons. The van der Waals surface area contributed by atoms with E-state index in [1.807, 2.05) is 25.3 Å². The minimum absolute atomic E-state index is 0.324. The van der Waals surface area contributed by atoms with Gasteiger partial charge >= 0.3 is 0 Å². The van der Waals surface area contributed by atoms with Crippen LogP contribution in [0, 0.1) is 12.7 Å². The summed E-state index contributed by atoms with van der Waals surface area (Å²) in [4.78, 5) is 4.41. The number of hydrogen-bond acceptors (Lipinski definition) is 6. The molecule has 0 bridgehead atoms. The number of hydrogen-bond donors (Lipinski definition) is 1. The molecule has 1 aliphatic rings. The second kappa shape index (κ2) is 7.04. The molecule has 0 saturated carbocycles. The molecule has 5 rings (SSSR count). The van der Waals surface area contributed by atoms with Gasteiger partial charge in [0.2, 0.25) is 0 Å². The third-order valence-corrected chi connectivity index (χ3v) is 5.46. The van der Waals surface area contributed by atoms with Crippen molar-refractivity contribution >= 4 is 16.6 Å². The van der Waals surface area contributed by atoms with Gasteiger partial charge in [-0.1, -0.05) is 0 Å². The Hall–Kier alpha value is -3.13. The van der Waals surface area contributed by atoms with Gasteiger partial charge in [-0.25, -0.2) is 13.9 Å². The predicted octanol–water partition coefficient (Wildman–Crippen LogP) is 3.26. The number of benzene rings is 1. The number of piperidine rings is 1. The first-order valence-corrected chi connectivity index (χ1v) is 9.71. The lowest BCUT2D eigenvalue weighted by Gasteiger charge is -2.21. The monoisotopic (exact) mass is 392 g/mol. The van der Waals surface area contributed by atoms with Crippen LogP contribution in [0.2, 0.25) is 0 Å². The van der Waals surface area contributed by atoms with Gasteiger partial charge < -0.3 is 10.1 Å². The molecule has 0 unspecified atom stereocenters. The van der Waals surface area contributed by atoms with Gasteiger partial charge in [-0.15, -0.1) is 0 Å². The van der Waals surface area contributed by atoms with Gasteiger partial charge in [0.15, 0.2) is 11.4 Å². The molecule has 0 atom stereocenters. The smallest absolute Gasteiger partial charge is 0.196 e. The zero-order valence-corrected chi connectivity index (χ0v) is 16.3. The molecule has 8 heteroatoms. The summed E-state index contributed by atoms with van der Waals surface area (Å²) >= 11 is 0. The van der Waals surface area contributed by atoms with E-state index in [1.165, 1.54) is 6.07 Å². The molecule has 1 fully saturated rings. The topological polar surface area (TPSA) is 77.2 Å². The van der Waals surface area contributed by atoms with Gasteiger partial charge in [0.05, 0.1) is 35.9 Å². The Morgan fingerprint density at radius 1 is 1.14 bits per heavy atom. The summed E-state index contributed by atoms with van der Waals surface area (Å²) < 4.78 is 22.1. The fraction of sp³-hybridized carbons (Fsp3) is 0.333. The SMILES string of the molecule is COc1cc(-c2cc(F)c3cc(C4CCNCC4)nnc3c2)nn2cc(C)nc12. The molecule has 0 spiro atoms. The maximum absolute atomic E-state index is 15.0. The van der Waals surface area contributed by atoms with Crippen LogP contribution in [0.25, 0.3) is 27.8 Å². The van der Waals surface area contributed by atoms with E-state index in [9.17, 15) is 0 Å². The van der Waals surface area contributed by atoms with Crippen molar-refractivity contribution in [3.05, 3.63) is 47.7 Å². The lowest BCUT2D eigenvalue weighted by Crippen LogP contribution is -2.27. The van der Waals surface area contributed by atoms with Gasteiger partial charge in [0.1, 0.15) is 5.82 Å². The predicted molar refractivity (Wildman–Crippen MR) is 108 cm³/mol. The van der Waals surface area contributed by atoms with E-state index in [0.29, 0.717) is 39.5 Å². The van der Waals surface area contributed by atoms with Gasteiger partial charge in [0.25, 0.3) is 0 Å². The third-order valence-electron chi connectivity index (χ3n) is 5.46. The van der Waals surface area contributed by atoms with Crippen LogP contribution in [0.1, 0.15) is 30.1 Å². The summed E-state index contributed by atoms with van der Waals surface area (Å²) in [6.45, 7) is 3.80. The molecule has 4 aromatic rings. The number of nitrogens with zero attached hydrogens (tertiary/aromatic N) is 5.